The van der Waals surface area contributed by atoms with Crippen LogP contribution in [0, 0.1) is 12.7 Å². The summed E-state index contributed by atoms with van der Waals surface area (Å²) in [6.45, 7) is -1.30. The molecular weight excluding hydrogens is 511 g/mol. The number of nitrogens with two attached hydrogens (primary N) is 1. The topological polar surface area (TPSA) is 132 Å². The zero-order valence-corrected chi connectivity index (χ0v) is 20.0. The number of carbonyl (C=O) groups is 1. The van der Waals surface area contributed by atoms with Crippen molar-refractivity contribution < 1.29 is 27.8 Å². The molecule has 0 radical (unpaired) electrons. The fourth-order valence-electron chi connectivity index (χ4n) is 3.42. The van der Waals surface area contributed by atoms with Gasteiger partial charge in [-0.05, 0) is 42.8 Å². The van der Waals surface area contributed by atoms with Gasteiger partial charge in [0.2, 0.25) is 11.8 Å². The molecule has 0 bridgehead atoms. The van der Waals surface area contributed by atoms with E-state index < -0.39 is 30.1 Å². The van der Waals surface area contributed by atoms with Gasteiger partial charge in [0.1, 0.15) is 6.23 Å². The number of aliphatic hydroxyl groups is 1. The van der Waals surface area contributed by atoms with E-state index in [0.717, 1.165) is 29.7 Å². The lowest BCUT2D eigenvalue weighted by atomic mass is 10.1. The van der Waals surface area contributed by atoms with Crippen LogP contribution in [0.15, 0.2) is 59.7 Å². The number of hydrogen-bond donors (Lipinski definition) is 3. The highest BCUT2D eigenvalue weighted by Gasteiger charge is 2.17. The highest BCUT2D eigenvalue weighted by atomic mass is 32.1. The van der Waals surface area contributed by atoms with Crippen LogP contribution < -0.4 is 21.3 Å². The lowest BCUT2D eigenvalue weighted by molar-refractivity contribution is -0.115. The van der Waals surface area contributed by atoms with Crippen LogP contribution in [-0.2, 0) is 11.2 Å². The van der Waals surface area contributed by atoms with Crippen LogP contribution in [0.5, 0.6) is 11.6 Å². The molecule has 0 saturated carbocycles. The monoisotopic (exact) mass is 531 g/mol. The first-order chi connectivity index (χ1) is 17.6. The Bertz CT molecular complexity index is 1510. The lowest BCUT2D eigenvalue weighted by Crippen LogP contribution is -2.19. The van der Waals surface area contributed by atoms with Crippen molar-refractivity contribution in [1.82, 2.24) is 14.5 Å². The number of hydrogen-bond acceptors (Lipinski definition) is 8. The summed E-state index contributed by atoms with van der Waals surface area (Å²) in [5, 5.41) is 12.4. The van der Waals surface area contributed by atoms with Gasteiger partial charge >= 0.3 is 6.55 Å². The number of aliphatic hydroxyl groups excluding tert-OH is 1. The lowest BCUT2D eigenvalue weighted by Gasteiger charge is -2.12. The molecule has 0 aliphatic heterocycles. The van der Waals surface area contributed by atoms with Crippen molar-refractivity contribution in [3.05, 3.63) is 87.0 Å². The minimum absolute atomic E-state index is 0.0548. The molecule has 0 aliphatic rings. The highest BCUT2D eigenvalue weighted by Crippen LogP contribution is 2.31. The zero-order valence-electron chi connectivity index (χ0n) is 19.2. The Morgan fingerprint density at radius 1 is 1.27 bits per heavy atom. The van der Waals surface area contributed by atoms with Gasteiger partial charge in [-0.2, -0.15) is 8.78 Å². The molecule has 4 aromatic rings. The number of rotatable bonds is 8. The number of halogens is 3. The summed E-state index contributed by atoms with van der Waals surface area (Å²) in [4.78, 5) is 33.0. The van der Waals surface area contributed by atoms with E-state index in [1.165, 1.54) is 30.5 Å². The molecule has 4 rings (SSSR count). The minimum Gasteiger partial charge on any atom is -0.436 e. The van der Waals surface area contributed by atoms with Crippen molar-refractivity contribution in [2.24, 2.45) is 5.73 Å². The molecular formula is C24H20F3N5O4S. The number of amides is 1. The molecule has 1 atom stereocenters. The summed E-state index contributed by atoms with van der Waals surface area (Å²) in [6, 6.07) is 9.38. The average molecular weight is 532 g/mol. The smallest absolute Gasteiger partial charge is 0.321 e. The molecule has 1 unspecified atom stereocenters. The van der Waals surface area contributed by atoms with Gasteiger partial charge in [0.25, 0.3) is 5.56 Å². The van der Waals surface area contributed by atoms with Gasteiger partial charge in [-0.25, -0.2) is 14.4 Å². The van der Waals surface area contributed by atoms with E-state index in [-0.39, 0.29) is 28.7 Å². The molecule has 37 heavy (non-hydrogen) atoms. The van der Waals surface area contributed by atoms with Gasteiger partial charge in [-0.3, -0.25) is 14.2 Å². The van der Waals surface area contributed by atoms with Crippen molar-refractivity contribution in [3.63, 3.8) is 0 Å². The molecule has 192 valence electrons. The Balaban J connectivity index is 1.45. The quantitative estimate of drug-likeness (QED) is 0.291. The van der Waals surface area contributed by atoms with Gasteiger partial charge in [0.15, 0.2) is 16.7 Å². The van der Waals surface area contributed by atoms with Gasteiger partial charge in [-0.1, -0.05) is 6.07 Å². The largest absolute Gasteiger partial charge is 0.436 e. The van der Waals surface area contributed by atoms with Crippen LogP contribution >= 0.6 is 11.3 Å². The predicted molar refractivity (Wildman–Crippen MR) is 130 cm³/mol. The van der Waals surface area contributed by atoms with E-state index in [1.54, 1.807) is 13.0 Å². The molecule has 4 N–H and O–H groups in total. The van der Waals surface area contributed by atoms with Gasteiger partial charge < -0.3 is 20.9 Å². The number of aromatic nitrogens is 3. The Hall–Kier alpha value is -4.07. The maximum atomic E-state index is 14.6. The summed E-state index contributed by atoms with van der Waals surface area (Å²) in [7, 11) is 0. The summed E-state index contributed by atoms with van der Waals surface area (Å²) in [5.41, 5.74) is 5.79. The van der Waals surface area contributed by atoms with E-state index in [2.05, 4.69) is 15.3 Å². The first-order valence-corrected chi connectivity index (χ1v) is 11.6. The molecule has 1 amide bonds. The number of thiazole rings is 1. The van der Waals surface area contributed by atoms with Crippen LogP contribution in [0.1, 0.15) is 28.8 Å². The second kappa shape index (κ2) is 10.9. The molecule has 13 heteroatoms. The van der Waals surface area contributed by atoms with Crippen molar-refractivity contribution in [2.45, 2.75) is 26.1 Å². The normalized spacial score (nSPS) is 12.0. The maximum Gasteiger partial charge on any atom is 0.321 e. The molecule has 0 fully saturated rings. The number of nitrogens with one attached hydrogen (secondary N) is 1. The molecule has 3 heterocycles. The van der Waals surface area contributed by atoms with Crippen LogP contribution in [0.3, 0.4) is 0 Å². The van der Waals surface area contributed by atoms with Crippen LogP contribution in [0.2, 0.25) is 0 Å². The Morgan fingerprint density at radius 3 is 2.76 bits per heavy atom. The number of aryl methyl sites for hydroxylation is 1. The van der Waals surface area contributed by atoms with E-state index in [4.69, 9.17) is 10.5 Å². The molecule has 3 aromatic heterocycles. The third-order valence-corrected chi connectivity index (χ3v) is 6.04. The van der Waals surface area contributed by atoms with Crippen LogP contribution in [0.4, 0.5) is 18.3 Å². The molecule has 9 nitrogen and oxygen atoms in total. The van der Waals surface area contributed by atoms with Crippen molar-refractivity contribution in [3.8, 4) is 22.9 Å². The Morgan fingerprint density at radius 2 is 2.05 bits per heavy atom. The number of alkyl halides is 2. The average Bonchev–Trinajstić information content (AvgIpc) is 3.20. The van der Waals surface area contributed by atoms with Gasteiger partial charge in [0, 0.05) is 28.9 Å². The Kier molecular flexibility index (Phi) is 7.66. The first-order valence-electron chi connectivity index (χ1n) is 10.7. The second-order valence-electron chi connectivity index (χ2n) is 7.80. The van der Waals surface area contributed by atoms with E-state index >= 15 is 0 Å². The summed E-state index contributed by atoms with van der Waals surface area (Å²) in [6.07, 6.45) is 0.868. The second-order valence-corrected chi connectivity index (χ2v) is 9.00. The maximum absolute atomic E-state index is 14.6. The summed E-state index contributed by atoms with van der Waals surface area (Å²) < 4.78 is 46.5. The van der Waals surface area contributed by atoms with Crippen LogP contribution in [0.25, 0.3) is 11.3 Å². The SMILES string of the molecule is Cc1sc(NC(=O)Cc2ccc(Oc3ncccc3C(N)O)c(F)c2)nc1-c1ccc(=O)n(C(F)F)c1. The van der Waals surface area contributed by atoms with Gasteiger partial charge in [0.05, 0.1) is 17.7 Å². The standard InChI is InChI=1S/C24H20F3N5O4S/c1-12-20(14-5-7-19(34)32(11-14)23(26)27)31-24(37-12)30-18(33)10-13-4-6-17(16(25)9-13)36-22-15(21(28)35)3-2-8-29-22/h2-9,11,21,23,35H,10,28H2,1H3,(H,30,31,33). The van der Waals surface area contributed by atoms with Crippen molar-refractivity contribution in [2.75, 3.05) is 5.32 Å². The van der Waals surface area contributed by atoms with E-state index in [0.29, 0.717) is 26.3 Å². The first kappa shape index (κ1) is 26.0. The van der Waals surface area contributed by atoms with Crippen molar-refractivity contribution in [1.29, 1.82) is 0 Å². The van der Waals surface area contributed by atoms with E-state index in [1.807, 2.05) is 0 Å². The third kappa shape index (κ3) is 6.02. The van der Waals surface area contributed by atoms with Gasteiger partial charge in [-0.15, -0.1) is 11.3 Å². The molecule has 0 saturated heterocycles. The highest BCUT2D eigenvalue weighted by molar-refractivity contribution is 7.16. The summed E-state index contributed by atoms with van der Waals surface area (Å²) in [5.74, 6) is -1.46. The Labute approximate surface area is 212 Å². The number of ether oxygens (including phenoxy) is 1. The van der Waals surface area contributed by atoms with E-state index in [9.17, 15) is 27.9 Å². The molecule has 0 spiro atoms. The number of pyridine rings is 2. The van der Waals surface area contributed by atoms with Crippen molar-refractivity contribution >= 4 is 22.4 Å². The number of nitrogens with zero attached hydrogens (tertiary/aromatic N) is 3. The molecule has 1 aromatic carbocycles. The summed E-state index contributed by atoms with van der Waals surface area (Å²) >= 11 is 1.13. The fraction of sp³-hybridized carbons (Fsp3) is 0.167. The number of carbonyl (C=O) groups excluding carboxylic acids is 1. The molecule has 0 aliphatic carbocycles. The third-order valence-electron chi connectivity index (χ3n) is 5.15. The number of anilines is 1. The zero-order chi connectivity index (χ0) is 26.7. The van der Waals surface area contributed by atoms with Crippen LogP contribution in [-0.4, -0.2) is 25.5 Å². The minimum atomic E-state index is -3.00. The fourth-order valence-corrected chi connectivity index (χ4v) is 4.27. The predicted octanol–water partition coefficient (Wildman–Crippen LogP) is 4.13. The number of benzene rings is 1.